The van der Waals surface area contributed by atoms with E-state index in [4.69, 9.17) is 4.74 Å². The number of amides is 1. The number of rotatable bonds is 7. The Kier molecular flexibility index (Phi) is 6.74. The van der Waals surface area contributed by atoms with Gasteiger partial charge in [-0.2, -0.15) is 0 Å². The average Bonchev–Trinajstić information content (AvgIpc) is 3.14. The van der Waals surface area contributed by atoms with Gasteiger partial charge in [0.1, 0.15) is 6.33 Å². The maximum Gasteiger partial charge on any atom is 0.230 e. The zero-order valence-corrected chi connectivity index (χ0v) is 17.9. The van der Waals surface area contributed by atoms with E-state index in [1.807, 2.05) is 4.57 Å². The van der Waals surface area contributed by atoms with Gasteiger partial charge in [0.2, 0.25) is 5.91 Å². The largest absolute Gasteiger partial charge is 0.379 e. The van der Waals surface area contributed by atoms with E-state index in [0.717, 1.165) is 42.7 Å². The average molecular weight is 404 g/mol. The van der Waals surface area contributed by atoms with Crippen molar-refractivity contribution in [3.63, 3.8) is 0 Å². The maximum absolute atomic E-state index is 12.4. The van der Waals surface area contributed by atoms with Crippen LogP contribution in [0.15, 0.2) is 29.7 Å². The monoisotopic (exact) mass is 403 g/mol. The molecule has 8 heteroatoms. The van der Waals surface area contributed by atoms with Gasteiger partial charge >= 0.3 is 0 Å². The number of aromatic nitrogens is 3. The molecule has 1 aromatic carbocycles. The molecule has 1 aliphatic heterocycles. The topological polar surface area (TPSA) is 72.3 Å². The van der Waals surface area contributed by atoms with E-state index < -0.39 is 0 Å². The van der Waals surface area contributed by atoms with Crippen molar-refractivity contribution >= 4 is 17.7 Å². The molecule has 0 atom stereocenters. The molecular formula is C20H29N5O2S. The van der Waals surface area contributed by atoms with Crippen molar-refractivity contribution in [2.24, 2.45) is 0 Å². The van der Waals surface area contributed by atoms with Gasteiger partial charge in [0.15, 0.2) is 5.16 Å². The van der Waals surface area contributed by atoms with E-state index in [0.29, 0.717) is 12.3 Å². The lowest BCUT2D eigenvalue weighted by Crippen LogP contribution is -2.55. The van der Waals surface area contributed by atoms with Gasteiger partial charge in [-0.05, 0) is 39.3 Å². The second kappa shape index (κ2) is 9.07. The lowest BCUT2D eigenvalue weighted by molar-refractivity contribution is -0.119. The number of hydrogen-bond acceptors (Lipinski definition) is 6. The van der Waals surface area contributed by atoms with Crippen LogP contribution in [0.4, 0.5) is 0 Å². The number of carbonyl (C=O) groups is 1. The fourth-order valence-electron chi connectivity index (χ4n) is 3.34. The molecule has 2 heterocycles. The van der Waals surface area contributed by atoms with Gasteiger partial charge in [0, 0.05) is 25.2 Å². The number of ether oxygens (including phenoxy) is 1. The Morgan fingerprint density at radius 2 is 2.04 bits per heavy atom. The van der Waals surface area contributed by atoms with Crippen LogP contribution in [0.2, 0.25) is 0 Å². The van der Waals surface area contributed by atoms with Crippen LogP contribution in [0.1, 0.15) is 25.0 Å². The van der Waals surface area contributed by atoms with Crippen LogP contribution >= 0.6 is 11.8 Å². The Morgan fingerprint density at radius 3 is 2.75 bits per heavy atom. The number of aryl methyl sites for hydroxylation is 2. The molecule has 28 heavy (non-hydrogen) atoms. The summed E-state index contributed by atoms with van der Waals surface area (Å²) in [6.07, 6.45) is 1.69. The second-order valence-corrected chi connectivity index (χ2v) is 8.69. The van der Waals surface area contributed by atoms with Crippen molar-refractivity contribution in [2.45, 2.75) is 38.4 Å². The van der Waals surface area contributed by atoms with Crippen molar-refractivity contribution in [3.8, 4) is 5.69 Å². The van der Waals surface area contributed by atoms with E-state index in [1.165, 1.54) is 17.3 Å². The number of benzene rings is 1. The quantitative estimate of drug-likeness (QED) is 0.715. The molecule has 1 aliphatic rings. The van der Waals surface area contributed by atoms with Gasteiger partial charge in [0.25, 0.3) is 0 Å². The maximum atomic E-state index is 12.4. The van der Waals surface area contributed by atoms with Crippen LogP contribution < -0.4 is 5.32 Å². The van der Waals surface area contributed by atoms with Crippen molar-refractivity contribution < 1.29 is 9.53 Å². The standard InChI is InChI=1S/C20H29N5O2S/c1-15-5-6-17(16(2)11-15)25-14-22-23-19(25)28-12-18(26)21-13-20(3,4)24-7-9-27-10-8-24/h5-6,11,14H,7-10,12-13H2,1-4H3,(H,21,26). The smallest absolute Gasteiger partial charge is 0.230 e. The van der Waals surface area contributed by atoms with Crippen LogP contribution in [0, 0.1) is 13.8 Å². The predicted octanol–water partition coefficient (Wildman–Crippen LogP) is 2.20. The summed E-state index contributed by atoms with van der Waals surface area (Å²) in [7, 11) is 0. The Hall–Kier alpha value is -1.90. The third-order valence-corrected chi connectivity index (χ3v) is 5.99. The number of thioether (sulfide) groups is 1. The summed E-state index contributed by atoms with van der Waals surface area (Å²) in [5.74, 6) is 0.310. The number of nitrogens with zero attached hydrogens (tertiary/aromatic N) is 4. The SMILES string of the molecule is Cc1ccc(-n2cnnc2SCC(=O)NCC(C)(C)N2CCOCC2)c(C)c1. The molecule has 1 amide bonds. The molecule has 0 aliphatic carbocycles. The summed E-state index contributed by atoms with van der Waals surface area (Å²) in [5.41, 5.74) is 3.31. The van der Waals surface area contributed by atoms with E-state index in [-0.39, 0.29) is 11.4 Å². The Balaban J connectivity index is 1.55. The van der Waals surface area contributed by atoms with E-state index in [2.05, 4.69) is 66.3 Å². The first-order valence-corrected chi connectivity index (χ1v) is 10.6. The Bertz CT molecular complexity index is 815. The highest BCUT2D eigenvalue weighted by Gasteiger charge is 2.28. The molecule has 152 valence electrons. The van der Waals surface area contributed by atoms with Gasteiger partial charge in [0.05, 0.1) is 24.7 Å². The number of morpholine rings is 1. The minimum absolute atomic E-state index is 0.00140. The van der Waals surface area contributed by atoms with Crippen molar-refractivity contribution in [1.29, 1.82) is 0 Å². The lowest BCUT2D eigenvalue weighted by Gasteiger charge is -2.40. The summed E-state index contributed by atoms with van der Waals surface area (Å²) in [5, 5.41) is 12.0. The van der Waals surface area contributed by atoms with Crippen LogP contribution in [-0.2, 0) is 9.53 Å². The van der Waals surface area contributed by atoms with Crippen LogP contribution in [0.5, 0.6) is 0 Å². The van der Waals surface area contributed by atoms with Crippen LogP contribution in [0.25, 0.3) is 5.69 Å². The summed E-state index contributed by atoms with van der Waals surface area (Å²) < 4.78 is 7.35. The van der Waals surface area contributed by atoms with Gasteiger partial charge in [-0.25, -0.2) is 0 Å². The summed E-state index contributed by atoms with van der Waals surface area (Å²) in [6.45, 7) is 12.4. The zero-order valence-electron chi connectivity index (χ0n) is 17.1. The third kappa shape index (κ3) is 5.12. The van der Waals surface area contributed by atoms with Crippen molar-refractivity contribution in [1.82, 2.24) is 25.0 Å². The highest BCUT2D eigenvalue weighted by Crippen LogP contribution is 2.22. The van der Waals surface area contributed by atoms with E-state index >= 15 is 0 Å². The molecule has 0 spiro atoms. The molecule has 1 N–H and O–H groups in total. The molecule has 7 nitrogen and oxygen atoms in total. The van der Waals surface area contributed by atoms with E-state index in [9.17, 15) is 4.79 Å². The normalized spacial score (nSPS) is 15.6. The Morgan fingerprint density at radius 1 is 1.29 bits per heavy atom. The molecule has 0 unspecified atom stereocenters. The molecule has 1 fully saturated rings. The van der Waals surface area contributed by atoms with Crippen LogP contribution in [0.3, 0.4) is 0 Å². The molecule has 3 rings (SSSR count). The Labute approximate surface area is 170 Å². The zero-order chi connectivity index (χ0) is 20.1. The fraction of sp³-hybridized carbons (Fsp3) is 0.550. The molecule has 1 saturated heterocycles. The van der Waals surface area contributed by atoms with Crippen molar-refractivity contribution in [2.75, 3.05) is 38.6 Å². The van der Waals surface area contributed by atoms with Gasteiger partial charge in [-0.15, -0.1) is 10.2 Å². The minimum Gasteiger partial charge on any atom is -0.379 e. The molecule has 0 saturated carbocycles. The van der Waals surface area contributed by atoms with Crippen molar-refractivity contribution in [3.05, 3.63) is 35.7 Å². The highest BCUT2D eigenvalue weighted by atomic mass is 32.2. The fourth-order valence-corrected chi connectivity index (χ4v) is 4.09. The first kappa shape index (κ1) is 20.8. The summed E-state index contributed by atoms with van der Waals surface area (Å²) in [4.78, 5) is 14.8. The van der Waals surface area contributed by atoms with E-state index in [1.54, 1.807) is 6.33 Å². The van der Waals surface area contributed by atoms with Gasteiger partial charge in [-0.1, -0.05) is 29.5 Å². The lowest BCUT2D eigenvalue weighted by atomic mass is 10.0. The number of nitrogens with one attached hydrogen (secondary N) is 1. The molecule has 2 aromatic rings. The summed E-state index contributed by atoms with van der Waals surface area (Å²) in [6, 6.07) is 6.25. The molecular weight excluding hydrogens is 374 g/mol. The second-order valence-electron chi connectivity index (χ2n) is 7.75. The third-order valence-electron chi connectivity index (χ3n) is 5.05. The predicted molar refractivity (Wildman–Crippen MR) is 111 cm³/mol. The highest BCUT2D eigenvalue weighted by molar-refractivity contribution is 7.99. The summed E-state index contributed by atoms with van der Waals surface area (Å²) >= 11 is 1.40. The van der Waals surface area contributed by atoms with Gasteiger partial charge < -0.3 is 10.1 Å². The van der Waals surface area contributed by atoms with Crippen LogP contribution in [-0.4, -0.2) is 69.7 Å². The number of carbonyl (C=O) groups excluding carboxylic acids is 1. The first-order valence-electron chi connectivity index (χ1n) is 9.57. The minimum atomic E-state index is -0.0941. The van der Waals surface area contributed by atoms with Gasteiger partial charge in [-0.3, -0.25) is 14.3 Å². The first-order chi connectivity index (χ1) is 13.4. The molecule has 0 bridgehead atoms. The molecule has 1 aromatic heterocycles. The molecule has 0 radical (unpaired) electrons. The number of hydrogen-bond donors (Lipinski definition) is 1.